The number of esters is 1. The van der Waals surface area contributed by atoms with Crippen molar-refractivity contribution in [3.63, 3.8) is 0 Å². The summed E-state index contributed by atoms with van der Waals surface area (Å²) >= 11 is 0. The highest BCUT2D eigenvalue weighted by atomic mass is 16.5. The second-order valence-electron chi connectivity index (χ2n) is 10.1. The zero-order valence-electron chi connectivity index (χ0n) is 17.7. The van der Waals surface area contributed by atoms with Crippen molar-refractivity contribution < 1.29 is 9.53 Å². The number of benzene rings is 1. The summed E-state index contributed by atoms with van der Waals surface area (Å²) in [4.78, 5) is 12.2. The molecule has 0 N–H and O–H groups in total. The molecule has 0 aliphatic carbocycles. The largest absolute Gasteiger partial charge is 0.460 e. The third-order valence-electron chi connectivity index (χ3n) is 4.51. The van der Waals surface area contributed by atoms with Crippen molar-refractivity contribution in [2.45, 2.75) is 80.8 Å². The first-order chi connectivity index (χ1) is 11.1. The monoisotopic (exact) mass is 344 g/mol. The van der Waals surface area contributed by atoms with Crippen LogP contribution >= 0.6 is 0 Å². The van der Waals surface area contributed by atoms with Crippen LogP contribution in [0.2, 0.25) is 0 Å². The van der Waals surface area contributed by atoms with Crippen LogP contribution in [-0.2, 0) is 28.0 Å². The van der Waals surface area contributed by atoms with Gasteiger partial charge in [-0.15, -0.1) is 0 Å². The smallest absolute Gasteiger partial charge is 0.311 e. The third kappa shape index (κ3) is 6.34. The molecule has 0 amide bonds. The van der Waals surface area contributed by atoms with Gasteiger partial charge >= 0.3 is 5.97 Å². The van der Waals surface area contributed by atoms with E-state index in [9.17, 15) is 4.79 Å². The minimum atomic E-state index is -0.489. The van der Waals surface area contributed by atoms with Gasteiger partial charge in [0.05, 0.1) is 5.41 Å². The summed E-state index contributed by atoms with van der Waals surface area (Å²) in [7, 11) is 0. The molecule has 0 saturated carbocycles. The maximum absolute atomic E-state index is 12.2. The zero-order chi connectivity index (χ0) is 19.6. The Labute approximate surface area is 154 Å². The van der Waals surface area contributed by atoms with Gasteiger partial charge in [-0.1, -0.05) is 71.9 Å². The van der Waals surface area contributed by atoms with E-state index in [-0.39, 0.29) is 16.8 Å². The maximum Gasteiger partial charge on any atom is 0.311 e. The topological polar surface area (TPSA) is 26.3 Å². The molecule has 1 aromatic carbocycles. The van der Waals surface area contributed by atoms with Gasteiger partial charge in [-0.3, -0.25) is 4.79 Å². The van der Waals surface area contributed by atoms with E-state index in [0.717, 1.165) is 12.0 Å². The van der Waals surface area contributed by atoms with Crippen molar-refractivity contribution in [2.24, 2.45) is 10.8 Å². The van der Waals surface area contributed by atoms with Crippen molar-refractivity contribution in [2.75, 3.05) is 0 Å². The average molecular weight is 345 g/mol. The summed E-state index contributed by atoms with van der Waals surface area (Å²) < 4.78 is 5.60. The first-order valence-electron chi connectivity index (χ1n) is 9.10. The molecule has 0 fully saturated rings. The van der Waals surface area contributed by atoms with Gasteiger partial charge < -0.3 is 4.74 Å². The van der Waals surface area contributed by atoms with Gasteiger partial charge in [0, 0.05) is 0 Å². The predicted octanol–water partition coefficient (Wildman–Crippen LogP) is 6.22. The van der Waals surface area contributed by atoms with Crippen molar-refractivity contribution in [3.05, 3.63) is 47.0 Å². The summed E-state index contributed by atoms with van der Waals surface area (Å²) in [5.41, 5.74) is 4.32. The quantitative estimate of drug-likeness (QED) is 0.479. The van der Waals surface area contributed by atoms with Crippen LogP contribution in [0.5, 0.6) is 0 Å². The lowest BCUT2D eigenvalue weighted by Crippen LogP contribution is -2.23. The Morgan fingerprint density at radius 1 is 0.920 bits per heavy atom. The highest BCUT2D eigenvalue weighted by molar-refractivity contribution is 5.75. The maximum atomic E-state index is 12.2. The summed E-state index contributed by atoms with van der Waals surface area (Å²) in [6.45, 7) is 23.3. The third-order valence-corrected chi connectivity index (χ3v) is 4.51. The fourth-order valence-corrected chi connectivity index (χ4v) is 2.25. The van der Waals surface area contributed by atoms with E-state index >= 15 is 0 Å². The Morgan fingerprint density at radius 3 is 1.92 bits per heavy atom. The molecule has 0 unspecified atom stereocenters. The Balaban J connectivity index is 3.15. The molecule has 140 valence electrons. The Bertz CT molecular complexity index is 632. The van der Waals surface area contributed by atoms with Crippen LogP contribution in [0, 0.1) is 10.8 Å². The number of rotatable bonds is 4. The summed E-state index contributed by atoms with van der Waals surface area (Å²) in [5.74, 6) is -0.172. The highest BCUT2D eigenvalue weighted by Gasteiger charge is 2.24. The van der Waals surface area contributed by atoms with E-state index in [0.29, 0.717) is 6.61 Å². The minimum Gasteiger partial charge on any atom is -0.460 e. The van der Waals surface area contributed by atoms with E-state index in [2.05, 4.69) is 66.3 Å². The van der Waals surface area contributed by atoms with Gasteiger partial charge in [0.2, 0.25) is 0 Å². The Morgan fingerprint density at radius 2 is 1.48 bits per heavy atom. The van der Waals surface area contributed by atoms with E-state index in [4.69, 9.17) is 4.74 Å². The molecular weight excluding hydrogens is 308 g/mol. The molecule has 2 heteroatoms. The van der Waals surface area contributed by atoms with Crippen LogP contribution in [-0.4, -0.2) is 5.97 Å². The normalized spacial score (nSPS) is 12.8. The van der Waals surface area contributed by atoms with Crippen LogP contribution < -0.4 is 0 Å². The van der Waals surface area contributed by atoms with Gasteiger partial charge in [-0.05, 0) is 54.7 Å². The molecule has 0 atom stereocenters. The van der Waals surface area contributed by atoms with Crippen LogP contribution in [0.1, 0.15) is 79.0 Å². The second kappa shape index (κ2) is 7.35. The fraction of sp³-hybridized carbons (Fsp3) is 0.609. The lowest BCUT2D eigenvalue weighted by Gasteiger charge is -2.25. The predicted molar refractivity (Wildman–Crippen MR) is 107 cm³/mol. The number of hydrogen-bond acceptors (Lipinski definition) is 2. The number of hydrogen-bond donors (Lipinski definition) is 0. The van der Waals surface area contributed by atoms with Crippen molar-refractivity contribution in [1.29, 1.82) is 0 Å². The van der Waals surface area contributed by atoms with Gasteiger partial charge in [-0.25, -0.2) is 0 Å². The standard InChI is InChI=1S/C23H36O2/c1-16(21(2,3)4)13-17-11-12-19(22(5,6)7)14-18(17)15-25-20(24)23(8,9)10/h11-12,14H,1,13,15H2,2-10H3. The van der Waals surface area contributed by atoms with E-state index in [1.165, 1.54) is 16.7 Å². The number of ether oxygens (including phenoxy) is 1. The molecule has 1 aromatic rings. The molecule has 0 aliphatic rings. The van der Waals surface area contributed by atoms with E-state index in [1.807, 2.05) is 20.8 Å². The first-order valence-corrected chi connectivity index (χ1v) is 9.10. The number of carbonyl (C=O) groups excluding carboxylic acids is 1. The van der Waals surface area contributed by atoms with E-state index in [1.54, 1.807) is 0 Å². The highest BCUT2D eigenvalue weighted by Crippen LogP contribution is 2.31. The van der Waals surface area contributed by atoms with Crippen LogP contribution in [0.4, 0.5) is 0 Å². The first kappa shape index (κ1) is 21.5. The SMILES string of the molecule is C=C(Cc1ccc(C(C)(C)C)cc1COC(=O)C(C)(C)C)C(C)(C)C. The molecular formula is C23H36O2. The minimum absolute atomic E-state index is 0.0576. The molecule has 0 bridgehead atoms. The molecule has 25 heavy (non-hydrogen) atoms. The molecule has 0 radical (unpaired) electrons. The van der Waals surface area contributed by atoms with Gasteiger partial charge in [0.1, 0.15) is 6.61 Å². The molecule has 0 aliphatic heterocycles. The van der Waals surface area contributed by atoms with Crippen LogP contribution in [0.15, 0.2) is 30.4 Å². The molecule has 0 aromatic heterocycles. The van der Waals surface area contributed by atoms with Crippen LogP contribution in [0.25, 0.3) is 0 Å². The Kier molecular flexibility index (Phi) is 6.32. The van der Waals surface area contributed by atoms with Crippen molar-refractivity contribution in [1.82, 2.24) is 0 Å². The van der Waals surface area contributed by atoms with Gasteiger partial charge in [0.25, 0.3) is 0 Å². The lowest BCUT2D eigenvalue weighted by molar-refractivity contribution is -0.154. The van der Waals surface area contributed by atoms with Gasteiger partial charge in [-0.2, -0.15) is 0 Å². The molecule has 0 heterocycles. The molecule has 1 rings (SSSR count). The van der Waals surface area contributed by atoms with Gasteiger partial charge in [0.15, 0.2) is 0 Å². The van der Waals surface area contributed by atoms with Crippen molar-refractivity contribution in [3.8, 4) is 0 Å². The number of allylic oxidation sites excluding steroid dienone is 1. The van der Waals surface area contributed by atoms with Crippen LogP contribution in [0.3, 0.4) is 0 Å². The molecule has 2 nitrogen and oxygen atoms in total. The average Bonchev–Trinajstić information content (AvgIpc) is 2.42. The summed E-state index contributed by atoms with van der Waals surface area (Å²) in [5, 5.41) is 0. The summed E-state index contributed by atoms with van der Waals surface area (Å²) in [6, 6.07) is 6.53. The molecule has 0 spiro atoms. The Hall–Kier alpha value is -1.57. The second-order valence-corrected chi connectivity index (χ2v) is 10.1. The number of carbonyl (C=O) groups is 1. The summed E-state index contributed by atoms with van der Waals surface area (Å²) in [6.07, 6.45) is 0.802. The fourth-order valence-electron chi connectivity index (χ4n) is 2.25. The van der Waals surface area contributed by atoms with Crippen molar-refractivity contribution >= 4 is 5.97 Å². The molecule has 0 saturated heterocycles. The zero-order valence-corrected chi connectivity index (χ0v) is 17.7. The van der Waals surface area contributed by atoms with E-state index < -0.39 is 5.41 Å². The lowest BCUT2D eigenvalue weighted by atomic mass is 9.81.